The fraction of sp³-hybridized carbons (Fsp3) is 0.111. The van der Waals surface area contributed by atoms with Crippen molar-refractivity contribution in [2.24, 2.45) is 7.05 Å². The lowest BCUT2D eigenvalue weighted by atomic mass is 10.1. The number of aryl methyl sites for hydroxylation is 1. The Balaban J connectivity index is 1.71. The molecule has 0 bridgehead atoms. The van der Waals surface area contributed by atoms with E-state index in [9.17, 15) is 4.79 Å². The van der Waals surface area contributed by atoms with Crippen molar-refractivity contribution in [3.05, 3.63) is 64.8 Å². The number of anilines is 1. The Kier molecular flexibility index (Phi) is 5.04. The minimum Gasteiger partial charge on any atom is -0.497 e. The smallest absolute Gasteiger partial charge is 0.269 e. The number of amides is 1. The molecule has 3 rings (SSSR count). The molecule has 0 unspecified atom stereocenters. The number of hydrazine groups is 1. The third-order valence-electron chi connectivity index (χ3n) is 3.70. The molecule has 7 heteroatoms. The number of aromatic nitrogens is 2. The predicted molar refractivity (Wildman–Crippen MR) is 100 cm³/mol. The lowest BCUT2D eigenvalue weighted by Crippen LogP contribution is -2.29. The largest absolute Gasteiger partial charge is 0.497 e. The van der Waals surface area contributed by atoms with Crippen LogP contribution in [0.3, 0.4) is 0 Å². The van der Waals surface area contributed by atoms with Gasteiger partial charge in [-0.05, 0) is 52.3 Å². The van der Waals surface area contributed by atoms with E-state index < -0.39 is 0 Å². The molecule has 3 aromatic rings. The molecule has 128 valence electrons. The molecule has 0 saturated carbocycles. The molecule has 0 aliphatic rings. The number of carbonyl (C=O) groups is 1. The first-order valence-electron chi connectivity index (χ1n) is 7.57. The second-order valence-corrected chi connectivity index (χ2v) is 6.21. The minimum atomic E-state index is -0.227. The summed E-state index contributed by atoms with van der Waals surface area (Å²) < 4.78 is 7.79. The number of methoxy groups -OCH3 is 1. The van der Waals surface area contributed by atoms with E-state index in [1.165, 1.54) is 0 Å². The van der Waals surface area contributed by atoms with Crippen LogP contribution >= 0.6 is 15.9 Å². The SMILES string of the molecule is COc1ccc(C(=O)NNc2cccc(-c3c(Br)cnn3C)c2)cc1. The molecular formula is C18H17BrN4O2. The van der Waals surface area contributed by atoms with Crippen molar-refractivity contribution in [2.75, 3.05) is 12.5 Å². The van der Waals surface area contributed by atoms with Crippen LogP contribution in [0, 0.1) is 0 Å². The second kappa shape index (κ2) is 7.40. The standard InChI is InChI=1S/C18H17BrN4O2/c1-23-17(16(19)11-20-23)13-4-3-5-14(10-13)21-22-18(24)12-6-8-15(25-2)9-7-12/h3-11,21H,1-2H3,(H,22,24). The number of nitrogens with zero attached hydrogens (tertiary/aromatic N) is 2. The van der Waals surface area contributed by atoms with Crippen LogP contribution < -0.4 is 15.6 Å². The molecular weight excluding hydrogens is 384 g/mol. The summed E-state index contributed by atoms with van der Waals surface area (Å²) in [5.41, 5.74) is 8.88. The van der Waals surface area contributed by atoms with Gasteiger partial charge in [0, 0.05) is 18.2 Å². The zero-order valence-electron chi connectivity index (χ0n) is 13.8. The van der Waals surface area contributed by atoms with E-state index in [4.69, 9.17) is 4.74 Å². The van der Waals surface area contributed by atoms with E-state index in [2.05, 4.69) is 31.9 Å². The van der Waals surface area contributed by atoms with E-state index >= 15 is 0 Å². The summed E-state index contributed by atoms with van der Waals surface area (Å²) in [5, 5.41) is 4.22. The summed E-state index contributed by atoms with van der Waals surface area (Å²) in [6.45, 7) is 0. The highest BCUT2D eigenvalue weighted by atomic mass is 79.9. The van der Waals surface area contributed by atoms with Gasteiger partial charge in [-0.15, -0.1) is 0 Å². The van der Waals surface area contributed by atoms with Gasteiger partial charge in [0.05, 0.1) is 29.2 Å². The highest BCUT2D eigenvalue weighted by Gasteiger charge is 2.10. The zero-order valence-corrected chi connectivity index (χ0v) is 15.4. The zero-order chi connectivity index (χ0) is 17.8. The molecule has 1 heterocycles. The molecule has 0 radical (unpaired) electrons. The van der Waals surface area contributed by atoms with E-state index in [1.54, 1.807) is 42.3 Å². The molecule has 0 aliphatic carbocycles. The van der Waals surface area contributed by atoms with Gasteiger partial charge in [-0.25, -0.2) is 0 Å². The Morgan fingerprint density at radius 2 is 1.96 bits per heavy atom. The van der Waals surface area contributed by atoms with E-state index in [0.717, 1.165) is 21.4 Å². The van der Waals surface area contributed by atoms with Crippen molar-refractivity contribution >= 4 is 27.5 Å². The molecule has 0 atom stereocenters. The Morgan fingerprint density at radius 3 is 2.60 bits per heavy atom. The first-order chi connectivity index (χ1) is 12.1. The van der Waals surface area contributed by atoms with Gasteiger partial charge >= 0.3 is 0 Å². The van der Waals surface area contributed by atoms with Gasteiger partial charge in [0.2, 0.25) is 0 Å². The summed E-state index contributed by atoms with van der Waals surface area (Å²) in [4.78, 5) is 12.2. The maximum atomic E-state index is 12.2. The number of ether oxygens (including phenoxy) is 1. The van der Waals surface area contributed by atoms with Crippen molar-refractivity contribution in [3.63, 3.8) is 0 Å². The summed E-state index contributed by atoms with van der Waals surface area (Å²) >= 11 is 3.50. The number of benzene rings is 2. The third kappa shape index (κ3) is 3.83. The summed E-state index contributed by atoms with van der Waals surface area (Å²) in [6, 6.07) is 14.6. The number of hydrogen-bond acceptors (Lipinski definition) is 4. The average Bonchev–Trinajstić information content (AvgIpc) is 2.98. The number of carbonyl (C=O) groups excluding carboxylic acids is 1. The summed E-state index contributed by atoms with van der Waals surface area (Å²) in [7, 11) is 3.47. The van der Waals surface area contributed by atoms with E-state index in [0.29, 0.717) is 11.3 Å². The van der Waals surface area contributed by atoms with Crippen LogP contribution in [0.5, 0.6) is 5.75 Å². The van der Waals surface area contributed by atoms with Crippen LogP contribution in [0.25, 0.3) is 11.3 Å². The summed E-state index contributed by atoms with van der Waals surface area (Å²) in [5.74, 6) is 0.480. The Labute approximate surface area is 153 Å². The van der Waals surface area contributed by atoms with E-state index in [-0.39, 0.29) is 5.91 Å². The van der Waals surface area contributed by atoms with Crippen LogP contribution in [0.1, 0.15) is 10.4 Å². The Morgan fingerprint density at radius 1 is 1.20 bits per heavy atom. The topological polar surface area (TPSA) is 68.2 Å². The lowest BCUT2D eigenvalue weighted by molar-refractivity contribution is 0.0962. The molecule has 25 heavy (non-hydrogen) atoms. The number of halogens is 1. The first kappa shape index (κ1) is 17.0. The van der Waals surface area contributed by atoms with E-state index in [1.807, 2.05) is 31.3 Å². The third-order valence-corrected chi connectivity index (χ3v) is 4.28. The molecule has 1 amide bonds. The summed E-state index contributed by atoms with van der Waals surface area (Å²) in [6.07, 6.45) is 1.75. The fourth-order valence-corrected chi connectivity index (χ4v) is 3.00. The van der Waals surface area contributed by atoms with Gasteiger partial charge in [0.25, 0.3) is 5.91 Å². The minimum absolute atomic E-state index is 0.227. The highest BCUT2D eigenvalue weighted by molar-refractivity contribution is 9.10. The van der Waals surface area contributed by atoms with Gasteiger partial charge in [-0.3, -0.25) is 20.3 Å². The van der Waals surface area contributed by atoms with Gasteiger partial charge < -0.3 is 4.74 Å². The fourth-order valence-electron chi connectivity index (χ4n) is 2.42. The van der Waals surface area contributed by atoms with Crippen molar-refractivity contribution in [1.29, 1.82) is 0 Å². The van der Waals surface area contributed by atoms with Crippen LogP contribution in [0.2, 0.25) is 0 Å². The van der Waals surface area contributed by atoms with Crippen LogP contribution in [0.4, 0.5) is 5.69 Å². The van der Waals surface area contributed by atoms with Gasteiger partial charge in [-0.2, -0.15) is 5.10 Å². The molecule has 0 spiro atoms. The molecule has 1 aromatic heterocycles. The van der Waals surface area contributed by atoms with Gasteiger partial charge in [0.1, 0.15) is 5.75 Å². The molecule has 0 aliphatic heterocycles. The van der Waals surface area contributed by atoms with Crippen molar-refractivity contribution in [2.45, 2.75) is 0 Å². The van der Waals surface area contributed by atoms with Gasteiger partial charge in [-0.1, -0.05) is 12.1 Å². The monoisotopic (exact) mass is 400 g/mol. The average molecular weight is 401 g/mol. The number of hydrogen-bond donors (Lipinski definition) is 2. The van der Waals surface area contributed by atoms with Crippen LogP contribution in [-0.2, 0) is 7.05 Å². The van der Waals surface area contributed by atoms with Crippen molar-refractivity contribution in [3.8, 4) is 17.0 Å². The second-order valence-electron chi connectivity index (χ2n) is 5.35. The normalized spacial score (nSPS) is 10.4. The number of nitrogens with one attached hydrogen (secondary N) is 2. The van der Waals surface area contributed by atoms with Crippen LogP contribution in [-0.4, -0.2) is 22.8 Å². The molecule has 2 aromatic carbocycles. The van der Waals surface area contributed by atoms with Gasteiger partial charge in [0.15, 0.2) is 0 Å². The molecule has 0 fully saturated rings. The van der Waals surface area contributed by atoms with Crippen molar-refractivity contribution in [1.82, 2.24) is 15.2 Å². The lowest BCUT2D eigenvalue weighted by Gasteiger charge is -2.11. The van der Waals surface area contributed by atoms with Crippen molar-refractivity contribution < 1.29 is 9.53 Å². The molecule has 2 N–H and O–H groups in total. The number of rotatable bonds is 5. The quantitative estimate of drug-likeness (QED) is 0.641. The maximum Gasteiger partial charge on any atom is 0.269 e. The predicted octanol–water partition coefficient (Wildman–Crippen LogP) is 3.62. The maximum absolute atomic E-state index is 12.2. The molecule has 6 nitrogen and oxygen atoms in total. The molecule has 0 saturated heterocycles. The highest BCUT2D eigenvalue weighted by Crippen LogP contribution is 2.28. The first-order valence-corrected chi connectivity index (χ1v) is 8.36. The Hall–Kier alpha value is -2.80. The Bertz CT molecular complexity index is 871. The van der Waals surface area contributed by atoms with Crippen LogP contribution in [0.15, 0.2) is 59.2 Å².